The molecule has 2 aliphatic heterocycles. The molecule has 2 heterocycles. The summed E-state index contributed by atoms with van der Waals surface area (Å²) < 4.78 is 28.5. The lowest BCUT2D eigenvalue weighted by molar-refractivity contribution is -0.133. The van der Waals surface area contributed by atoms with E-state index < -0.39 is 10.0 Å². The van der Waals surface area contributed by atoms with Gasteiger partial charge in [0.05, 0.1) is 10.6 Å². The van der Waals surface area contributed by atoms with Crippen LogP contribution in [0.5, 0.6) is 0 Å². The Kier molecular flexibility index (Phi) is 6.95. The number of sulfonamides is 1. The van der Waals surface area contributed by atoms with Gasteiger partial charge in [0.15, 0.2) is 0 Å². The van der Waals surface area contributed by atoms with Gasteiger partial charge >= 0.3 is 0 Å². The predicted octanol–water partition coefficient (Wildman–Crippen LogP) is 4.13. The number of halogens is 1. The van der Waals surface area contributed by atoms with Crippen molar-refractivity contribution in [2.45, 2.75) is 50.3 Å². The lowest BCUT2D eigenvalue weighted by atomic mass is 10.1. The van der Waals surface area contributed by atoms with Crippen LogP contribution in [0.1, 0.15) is 43.2 Å². The first-order chi connectivity index (χ1) is 15.7. The Morgan fingerprint density at radius 2 is 1.70 bits per heavy atom. The smallest absolute Gasteiger partial charge is 0.261 e. The maximum absolute atomic E-state index is 12.9. The van der Waals surface area contributed by atoms with E-state index in [0.717, 1.165) is 43.5 Å². The number of amides is 2. The summed E-state index contributed by atoms with van der Waals surface area (Å²) in [6.07, 6.45) is 4.14. The topological polar surface area (TPSA) is 86.8 Å². The zero-order chi connectivity index (χ0) is 23.6. The highest BCUT2D eigenvalue weighted by molar-refractivity contribution is 7.92. The van der Waals surface area contributed by atoms with E-state index in [2.05, 4.69) is 4.72 Å². The van der Waals surface area contributed by atoms with Gasteiger partial charge in [-0.25, -0.2) is 8.42 Å². The number of aryl methyl sites for hydroxylation is 1. The number of benzene rings is 2. The molecule has 0 bridgehead atoms. The molecule has 7 nitrogen and oxygen atoms in total. The Balaban J connectivity index is 1.43. The molecule has 176 valence electrons. The molecule has 1 fully saturated rings. The quantitative estimate of drug-likeness (QED) is 0.661. The van der Waals surface area contributed by atoms with Crippen molar-refractivity contribution in [1.82, 2.24) is 4.90 Å². The minimum absolute atomic E-state index is 0.0336. The number of nitrogens with one attached hydrogen (secondary N) is 1. The molecule has 0 spiro atoms. The van der Waals surface area contributed by atoms with E-state index in [1.165, 1.54) is 6.07 Å². The molecule has 0 saturated carbocycles. The Labute approximate surface area is 199 Å². The largest absolute Gasteiger partial charge is 0.343 e. The summed E-state index contributed by atoms with van der Waals surface area (Å²) in [5, 5.41) is 0.445. The molecule has 0 radical (unpaired) electrons. The van der Waals surface area contributed by atoms with Crippen LogP contribution in [0, 0.1) is 6.92 Å². The highest BCUT2D eigenvalue weighted by Crippen LogP contribution is 2.32. The van der Waals surface area contributed by atoms with Gasteiger partial charge in [0, 0.05) is 43.2 Å². The first-order valence-electron chi connectivity index (χ1n) is 11.2. The van der Waals surface area contributed by atoms with Crippen molar-refractivity contribution in [3.8, 4) is 0 Å². The van der Waals surface area contributed by atoms with Crippen molar-refractivity contribution in [3.05, 3.63) is 52.5 Å². The standard InChI is InChI=1S/C24H28ClN3O4S/c1-17-5-6-19(25)16-21(17)26-33(31,32)20-7-8-22-18(15-20)11-14-28(22)24(30)10-9-23(29)27-12-3-2-4-13-27/h5-8,15-16,26H,2-4,9-14H2,1H3. The summed E-state index contributed by atoms with van der Waals surface area (Å²) in [6, 6.07) is 9.83. The van der Waals surface area contributed by atoms with Crippen molar-refractivity contribution >= 4 is 44.8 Å². The Morgan fingerprint density at radius 3 is 2.45 bits per heavy atom. The Bertz CT molecular complexity index is 1180. The molecule has 4 rings (SSSR count). The van der Waals surface area contributed by atoms with Crippen LogP contribution in [0.15, 0.2) is 41.3 Å². The SMILES string of the molecule is Cc1ccc(Cl)cc1NS(=O)(=O)c1ccc2c(c1)CCN2C(=O)CCC(=O)N1CCCCC1. The molecule has 0 unspecified atom stereocenters. The molecular weight excluding hydrogens is 462 g/mol. The highest BCUT2D eigenvalue weighted by atomic mass is 35.5. The zero-order valence-electron chi connectivity index (χ0n) is 18.6. The second kappa shape index (κ2) is 9.73. The average Bonchev–Trinajstić information content (AvgIpc) is 3.23. The fourth-order valence-electron chi connectivity index (χ4n) is 4.36. The summed E-state index contributed by atoms with van der Waals surface area (Å²) in [7, 11) is -3.81. The van der Waals surface area contributed by atoms with E-state index in [0.29, 0.717) is 29.4 Å². The number of fused-ring (bicyclic) bond motifs is 1. The lowest BCUT2D eigenvalue weighted by Gasteiger charge is -2.27. The Morgan fingerprint density at radius 1 is 0.970 bits per heavy atom. The van der Waals surface area contributed by atoms with Crippen LogP contribution in [0.2, 0.25) is 5.02 Å². The van der Waals surface area contributed by atoms with E-state index in [1.807, 2.05) is 4.90 Å². The maximum Gasteiger partial charge on any atom is 0.261 e. The van der Waals surface area contributed by atoms with Gasteiger partial charge in [-0.2, -0.15) is 0 Å². The second-order valence-electron chi connectivity index (χ2n) is 8.59. The minimum atomic E-state index is -3.81. The van der Waals surface area contributed by atoms with Crippen LogP contribution in [0.4, 0.5) is 11.4 Å². The number of likely N-dealkylation sites (tertiary alicyclic amines) is 1. The molecule has 2 aromatic carbocycles. The fraction of sp³-hybridized carbons (Fsp3) is 0.417. The average molecular weight is 490 g/mol. The van der Waals surface area contributed by atoms with E-state index in [1.54, 1.807) is 42.2 Å². The summed E-state index contributed by atoms with van der Waals surface area (Å²) >= 11 is 6.01. The second-order valence-corrected chi connectivity index (χ2v) is 10.7. The van der Waals surface area contributed by atoms with Crippen LogP contribution in [-0.2, 0) is 26.0 Å². The number of carbonyl (C=O) groups is 2. The van der Waals surface area contributed by atoms with Crippen molar-refractivity contribution in [2.75, 3.05) is 29.3 Å². The van der Waals surface area contributed by atoms with Crippen molar-refractivity contribution in [3.63, 3.8) is 0 Å². The predicted molar refractivity (Wildman–Crippen MR) is 129 cm³/mol. The van der Waals surface area contributed by atoms with Crippen LogP contribution >= 0.6 is 11.6 Å². The summed E-state index contributed by atoms with van der Waals surface area (Å²) in [5.74, 6) is -0.0753. The summed E-state index contributed by atoms with van der Waals surface area (Å²) in [6.45, 7) is 3.84. The van der Waals surface area contributed by atoms with E-state index in [9.17, 15) is 18.0 Å². The molecule has 2 aliphatic rings. The number of anilines is 2. The van der Waals surface area contributed by atoms with Crippen LogP contribution in [0.3, 0.4) is 0 Å². The molecule has 0 aromatic heterocycles. The van der Waals surface area contributed by atoms with Crippen molar-refractivity contribution < 1.29 is 18.0 Å². The van der Waals surface area contributed by atoms with E-state index in [4.69, 9.17) is 11.6 Å². The van der Waals surface area contributed by atoms with Gasteiger partial charge in [0.2, 0.25) is 11.8 Å². The molecule has 0 atom stereocenters. The van der Waals surface area contributed by atoms with E-state index >= 15 is 0 Å². The van der Waals surface area contributed by atoms with Gasteiger partial charge in [0.25, 0.3) is 10.0 Å². The number of piperidine rings is 1. The molecule has 9 heteroatoms. The number of carbonyl (C=O) groups excluding carboxylic acids is 2. The van der Waals surface area contributed by atoms with Gasteiger partial charge in [-0.1, -0.05) is 17.7 Å². The van der Waals surface area contributed by atoms with Gasteiger partial charge in [0.1, 0.15) is 0 Å². The highest BCUT2D eigenvalue weighted by Gasteiger charge is 2.28. The van der Waals surface area contributed by atoms with Crippen molar-refractivity contribution in [1.29, 1.82) is 0 Å². The minimum Gasteiger partial charge on any atom is -0.343 e. The zero-order valence-corrected chi connectivity index (χ0v) is 20.2. The first-order valence-corrected chi connectivity index (χ1v) is 13.1. The normalized spacial score (nSPS) is 15.9. The fourth-order valence-corrected chi connectivity index (χ4v) is 5.71. The van der Waals surface area contributed by atoms with Gasteiger partial charge in [-0.3, -0.25) is 14.3 Å². The number of hydrogen-bond donors (Lipinski definition) is 1. The third-order valence-corrected chi connectivity index (χ3v) is 7.86. The summed E-state index contributed by atoms with van der Waals surface area (Å²) in [4.78, 5) is 28.8. The van der Waals surface area contributed by atoms with Gasteiger partial charge < -0.3 is 9.80 Å². The van der Waals surface area contributed by atoms with Crippen LogP contribution < -0.4 is 9.62 Å². The molecule has 1 saturated heterocycles. The summed E-state index contributed by atoms with van der Waals surface area (Å²) in [5.41, 5.74) is 2.71. The molecule has 33 heavy (non-hydrogen) atoms. The molecular formula is C24H28ClN3O4S. The molecule has 0 aliphatic carbocycles. The monoisotopic (exact) mass is 489 g/mol. The maximum atomic E-state index is 12.9. The first kappa shape index (κ1) is 23.6. The number of hydrogen-bond acceptors (Lipinski definition) is 4. The third-order valence-electron chi connectivity index (χ3n) is 6.26. The molecule has 2 aromatic rings. The molecule has 1 N–H and O–H groups in total. The van der Waals surface area contributed by atoms with Crippen molar-refractivity contribution in [2.24, 2.45) is 0 Å². The number of nitrogens with zero attached hydrogens (tertiary/aromatic N) is 2. The Hall–Kier alpha value is -2.58. The van der Waals surface area contributed by atoms with Crippen LogP contribution in [0.25, 0.3) is 0 Å². The number of rotatable bonds is 6. The van der Waals surface area contributed by atoms with Gasteiger partial charge in [-0.15, -0.1) is 0 Å². The van der Waals surface area contributed by atoms with E-state index in [-0.39, 0.29) is 29.6 Å². The van der Waals surface area contributed by atoms with Crippen LogP contribution in [-0.4, -0.2) is 44.8 Å². The van der Waals surface area contributed by atoms with Gasteiger partial charge in [-0.05, 0) is 74.1 Å². The lowest BCUT2D eigenvalue weighted by Crippen LogP contribution is -2.37. The molecule has 2 amide bonds. The third kappa shape index (κ3) is 5.33.